The maximum absolute atomic E-state index is 12.1. The molecule has 92 valence electrons. The highest BCUT2D eigenvalue weighted by molar-refractivity contribution is 7.98. The first-order valence-electron chi connectivity index (χ1n) is 4.61. The summed E-state index contributed by atoms with van der Waals surface area (Å²) in [4.78, 5) is 0. The van der Waals surface area contributed by atoms with Crippen LogP contribution in [0.15, 0.2) is 15.7 Å². The van der Waals surface area contributed by atoms with Gasteiger partial charge in [0.2, 0.25) is 0 Å². The van der Waals surface area contributed by atoms with Crippen LogP contribution in [-0.4, -0.2) is 38.3 Å². The number of halogens is 1. The van der Waals surface area contributed by atoms with Crippen molar-refractivity contribution in [1.82, 2.24) is 4.31 Å². The van der Waals surface area contributed by atoms with E-state index in [9.17, 15) is 8.42 Å². The van der Waals surface area contributed by atoms with E-state index < -0.39 is 10.0 Å². The fourth-order valence-electron chi connectivity index (χ4n) is 1.05. The average Bonchev–Trinajstić information content (AvgIpc) is 2.74. The Bertz CT molecular complexity index is 430. The van der Waals surface area contributed by atoms with Gasteiger partial charge >= 0.3 is 0 Å². The van der Waals surface area contributed by atoms with Crippen LogP contribution in [0.4, 0.5) is 0 Å². The van der Waals surface area contributed by atoms with Gasteiger partial charge in [-0.2, -0.15) is 16.1 Å². The van der Waals surface area contributed by atoms with E-state index in [1.807, 2.05) is 6.26 Å². The van der Waals surface area contributed by atoms with E-state index in [-0.39, 0.29) is 0 Å². The number of alkyl halides is 1. The second-order valence-electron chi connectivity index (χ2n) is 3.23. The summed E-state index contributed by atoms with van der Waals surface area (Å²) in [7, 11) is -1.72. The summed E-state index contributed by atoms with van der Waals surface area (Å²) in [5.41, 5.74) is 0.850. The molecule has 0 saturated carbocycles. The monoisotopic (exact) mass is 299 g/mol. The van der Waals surface area contributed by atoms with Crippen LogP contribution in [0.1, 0.15) is 5.56 Å². The molecule has 0 radical (unpaired) electrons. The minimum atomic E-state index is -3.32. The summed E-state index contributed by atoms with van der Waals surface area (Å²) < 4.78 is 25.9. The lowest BCUT2D eigenvalue weighted by molar-refractivity contribution is 0.490. The number of thioether (sulfide) groups is 1. The van der Waals surface area contributed by atoms with Gasteiger partial charge in [-0.3, -0.25) is 0 Å². The number of hydrogen-bond acceptors (Lipinski definition) is 4. The van der Waals surface area contributed by atoms with Gasteiger partial charge in [0.1, 0.15) is 4.21 Å². The molecule has 0 bridgehead atoms. The van der Waals surface area contributed by atoms with Gasteiger partial charge in [-0.1, -0.05) is 0 Å². The van der Waals surface area contributed by atoms with Crippen molar-refractivity contribution in [1.29, 1.82) is 0 Å². The van der Waals surface area contributed by atoms with Gasteiger partial charge in [0, 0.05) is 25.2 Å². The molecule has 0 N–H and O–H groups in total. The van der Waals surface area contributed by atoms with Crippen molar-refractivity contribution in [2.75, 3.05) is 25.6 Å². The molecule has 0 amide bonds. The summed E-state index contributed by atoms with van der Waals surface area (Å²) in [6.07, 6.45) is 1.96. The molecule has 1 rings (SSSR count). The molecule has 0 aromatic carbocycles. The summed E-state index contributed by atoms with van der Waals surface area (Å²) >= 11 is 8.50. The Hall–Kier alpha value is 0.250. The molecule has 7 heteroatoms. The first-order chi connectivity index (χ1) is 7.52. The summed E-state index contributed by atoms with van der Waals surface area (Å²) in [6, 6.07) is 1.64. The molecule has 1 aromatic heterocycles. The normalized spacial score (nSPS) is 12.2. The lowest BCUT2D eigenvalue weighted by Crippen LogP contribution is -2.28. The topological polar surface area (TPSA) is 37.4 Å². The number of thiophene rings is 1. The van der Waals surface area contributed by atoms with Crippen LogP contribution in [0, 0.1) is 0 Å². The van der Waals surface area contributed by atoms with Gasteiger partial charge in [0.25, 0.3) is 10.0 Å². The van der Waals surface area contributed by atoms with Crippen molar-refractivity contribution in [3.05, 3.63) is 17.0 Å². The predicted molar refractivity (Wildman–Crippen MR) is 72.1 cm³/mol. The predicted octanol–water partition coefficient (Wildman–Crippen LogP) is 2.47. The fourth-order valence-corrected chi connectivity index (χ4v) is 4.46. The molecule has 3 nitrogen and oxygen atoms in total. The summed E-state index contributed by atoms with van der Waals surface area (Å²) in [6.45, 7) is 0.525. The number of sulfonamides is 1. The summed E-state index contributed by atoms with van der Waals surface area (Å²) in [5, 5.41) is 1.78. The molecule has 16 heavy (non-hydrogen) atoms. The Morgan fingerprint density at radius 2 is 2.25 bits per heavy atom. The van der Waals surface area contributed by atoms with Crippen molar-refractivity contribution in [3.63, 3.8) is 0 Å². The molecular weight excluding hydrogens is 286 g/mol. The molecule has 0 saturated heterocycles. The van der Waals surface area contributed by atoms with Crippen LogP contribution >= 0.6 is 34.7 Å². The Morgan fingerprint density at radius 3 is 2.75 bits per heavy atom. The standard InChI is InChI=1S/C9H14ClNO2S3/c1-11(3-4-14-2)16(12,13)9-5-8(6-10)7-15-9/h5,7H,3-4,6H2,1-2H3. The third-order valence-electron chi connectivity index (χ3n) is 2.06. The van der Waals surface area contributed by atoms with E-state index in [4.69, 9.17) is 11.6 Å². The van der Waals surface area contributed by atoms with Gasteiger partial charge in [-0.25, -0.2) is 8.42 Å². The SMILES string of the molecule is CSCCN(C)S(=O)(=O)c1cc(CCl)cs1. The molecule has 0 aliphatic heterocycles. The lowest BCUT2D eigenvalue weighted by Gasteiger charge is -2.14. The molecule has 0 aliphatic carbocycles. The maximum Gasteiger partial charge on any atom is 0.252 e. The molecule has 0 fully saturated rings. The van der Waals surface area contributed by atoms with Crippen molar-refractivity contribution in [2.24, 2.45) is 0 Å². The Morgan fingerprint density at radius 1 is 1.56 bits per heavy atom. The molecule has 0 atom stereocenters. The van der Waals surface area contributed by atoms with Crippen LogP contribution in [0.5, 0.6) is 0 Å². The first-order valence-corrected chi connectivity index (χ1v) is 8.86. The minimum absolute atomic E-state index is 0.348. The average molecular weight is 300 g/mol. The lowest BCUT2D eigenvalue weighted by atomic mass is 10.4. The van der Waals surface area contributed by atoms with E-state index in [1.54, 1.807) is 30.3 Å². The van der Waals surface area contributed by atoms with Crippen LogP contribution < -0.4 is 0 Å². The highest BCUT2D eigenvalue weighted by Crippen LogP contribution is 2.24. The molecule has 1 aromatic rings. The Kier molecular flexibility index (Phi) is 5.60. The molecular formula is C9H14ClNO2S3. The zero-order valence-electron chi connectivity index (χ0n) is 9.14. The number of hydrogen-bond donors (Lipinski definition) is 0. The van der Waals surface area contributed by atoms with E-state index in [0.717, 1.165) is 11.3 Å². The Labute approximate surface area is 110 Å². The van der Waals surface area contributed by atoms with Crippen LogP contribution in [0.2, 0.25) is 0 Å². The molecule has 0 spiro atoms. The van der Waals surface area contributed by atoms with Gasteiger partial charge in [0.05, 0.1) is 0 Å². The van der Waals surface area contributed by atoms with Crippen molar-refractivity contribution in [2.45, 2.75) is 10.1 Å². The Balaban J connectivity index is 2.84. The smallest absolute Gasteiger partial charge is 0.206 e. The highest BCUT2D eigenvalue weighted by Gasteiger charge is 2.22. The van der Waals surface area contributed by atoms with E-state index in [1.165, 1.54) is 15.6 Å². The number of nitrogens with zero attached hydrogens (tertiary/aromatic N) is 1. The van der Waals surface area contributed by atoms with E-state index in [0.29, 0.717) is 16.6 Å². The van der Waals surface area contributed by atoms with Crippen molar-refractivity contribution >= 4 is 44.7 Å². The largest absolute Gasteiger partial charge is 0.252 e. The minimum Gasteiger partial charge on any atom is -0.206 e. The molecule has 0 aliphatic rings. The number of rotatable bonds is 6. The summed E-state index contributed by atoms with van der Waals surface area (Å²) in [5.74, 6) is 1.14. The molecule has 0 unspecified atom stereocenters. The van der Waals surface area contributed by atoms with E-state index in [2.05, 4.69) is 0 Å². The van der Waals surface area contributed by atoms with Crippen molar-refractivity contribution < 1.29 is 8.42 Å². The third kappa shape index (κ3) is 3.37. The van der Waals surface area contributed by atoms with Gasteiger partial charge < -0.3 is 0 Å². The van der Waals surface area contributed by atoms with Crippen LogP contribution in [-0.2, 0) is 15.9 Å². The molecule has 1 heterocycles. The van der Waals surface area contributed by atoms with Gasteiger partial charge in [-0.15, -0.1) is 22.9 Å². The highest BCUT2D eigenvalue weighted by atomic mass is 35.5. The van der Waals surface area contributed by atoms with Crippen LogP contribution in [0.25, 0.3) is 0 Å². The maximum atomic E-state index is 12.1. The van der Waals surface area contributed by atoms with E-state index >= 15 is 0 Å². The zero-order valence-corrected chi connectivity index (χ0v) is 12.3. The second kappa shape index (κ2) is 6.26. The first kappa shape index (κ1) is 14.3. The van der Waals surface area contributed by atoms with Gasteiger partial charge in [-0.05, 0) is 23.3 Å². The fraction of sp³-hybridized carbons (Fsp3) is 0.556. The third-order valence-corrected chi connectivity index (χ3v) is 6.28. The second-order valence-corrected chi connectivity index (χ2v) is 7.66. The van der Waals surface area contributed by atoms with Crippen LogP contribution in [0.3, 0.4) is 0 Å². The quantitative estimate of drug-likeness (QED) is 0.757. The van der Waals surface area contributed by atoms with Gasteiger partial charge in [0.15, 0.2) is 0 Å². The van der Waals surface area contributed by atoms with Crippen molar-refractivity contribution in [3.8, 4) is 0 Å². The zero-order chi connectivity index (χ0) is 12.2.